The molecule has 0 aliphatic rings. The smallest absolute Gasteiger partial charge is 0.143 e. The van der Waals surface area contributed by atoms with E-state index in [0.717, 1.165) is 38.3 Å². The highest BCUT2D eigenvalue weighted by atomic mass is 16.3. The summed E-state index contributed by atoms with van der Waals surface area (Å²) in [5.41, 5.74) is 6.58. The van der Waals surface area contributed by atoms with Crippen LogP contribution >= 0.6 is 0 Å². The lowest BCUT2D eigenvalue weighted by Gasteiger charge is -2.09. The van der Waals surface area contributed by atoms with Crippen LogP contribution in [0.1, 0.15) is 6.92 Å². The minimum Gasteiger partial charge on any atom is -0.455 e. The lowest BCUT2D eigenvalue weighted by atomic mass is 9.95. The van der Waals surface area contributed by atoms with Crippen LogP contribution in [0.5, 0.6) is 0 Å². The molecule has 42 heavy (non-hydrogen) atoms. The summed E-state index contributed by atoms with van der Waals surface area (Å²) < 4.78 is 6.29. The number of fused-ring (bicyclic) bond motifs is 6. The Bertz CT molecular complexity index is 2340. The maximum Gasteiger partial charge on any atom is 0.143 e. The van der Waals surface area contributed by atoms with E-state index >= 15 is 0 Å². The normalized spacial score (nSPS) is 11.7. The maximum absolute atomic E-state index is 6.29. The molecular weight excluding hydrogens is 508 g/mol. The van der Waals surface area contributed by atoms with Crippen molar-refractivity contribution < 1.29 is 4.42 Å². The summed E-state index contributed by atoms with van der Waals surface area (Å²) in [6.45, 7) is 5.88. The minimum absolute atomic E-state index is 0.928. The van der Waals surface area contributed by atoms with E-state index in [4.69, 9.17) is 4.42 Å². The molecule has 0 aliphatic heterocycles. The van der Waals surface area contributed by atoms with Crippen LogP contribution in [0.4, 0.5) is 0 Å². The Balaban J connectivity index is 0.000000276. The van der Waals surface area contributed by atoms with Gasteiger partial charge >= 0.3 is 0 Å². The zero-order chi connectivity index (χ0) is 28.5. The second-order valence-corrected chi connectivity index (χ2v) is 10.6. The summed E-state index contributed by atoms with van der Waals surface area (Å²) in [7, 11) is 0. The average Bonchev–Trinajstić information content (AvgIpc) is 3.44. The van der Waals surface area contributed by atoms with Gasteiger partial charge < -0.3 is 4.42 Å². The predicted octanol–water partition coefficient (Wildman–Crippen LogP) is 10.1. The van der Waals surface area contributed by atoms with Gasteiger partial charge in [0.1, 0.15) is 11.2 Å². The molecule has 7 aromatic carbocycles. The molecule has 0 saturated carbocycles. The average molecular weight is 539 g/mol. The molecule has 0 radical (unpaired) electrons. The molecule has 8 aromatic rings. The molecule has 1 heterocycles. The first-order valence-corrected chi connectivity index (χ1v) is 14.3. The van der Waals surface area contributed by atoms with Crippen molar-refractivity contribution in [1.82, 2.24) is 0 Å². The fraction of sp³-hybridized carbons (Fsp3) is 0.0244. The second-order valence-electron chi connectivity index (χ2n) is 10.6. The minimum atomic E-state index is 0.928. The first-order chi connectivity index (χ1) is 20.7. The lowest BCUT2D eigenvalue weighted by molar-refractivity contribution is 0.670. The third-order valence-corrected chi connectivity index (χ3v) is 8.02. The van der Waals surface area contributed by atoms with Gasteiger partial charge in [-0.1, -0.05) is 140 Å². The highest BCUT2D eigenvalue weighted by molar-refractivity contribution is 6.10. The molecule has 0 spiro atoms. The fourth-order valence-electron chi connectivity index (χ4n) is 5.84. The third kappa shape index (κ3) is 4.66. The van der Waals surface area contributed by atoms with E-state index < -0.39 is 0 Å². The van der Waals surface area contributed by atoms with Gasteiger partial charge in [-0.3, -0.25) is 0 Å². The van der Waals surface area contributed by atoms with Crippen LogP contribution in [0.3, 0.4) is 0 Å². The molecule has 0 saturated heterocycles. The Hall–Kier alpha value is -5.40. The Morgan fingerprint density at radius 1 is 0.500 bits per heavy atom. The molecule has 0 fully saturated rings. The number of rotatable bonds is 2. The van der Waals surface area contributed by atoms with Crippen molar-refractivity contribution in [1.29, 1.82) is 0 Å². The second kappa shape index (κ2) is 10.9. The first-order valence-electron chi connectivity index (χ1n) is 14.3. The number of furan rings is 1. The Kier molecular flexibility index (Phi) is 6.62. The number of hydrogen-bond donors (Lipinski definition) is 0. The van der Waals surface area contributed by atoms with Crippen molar-refractivity contribution in [2.24, 2.45) is 0 Å². The van der Waals surface area contributed by atoms with Gasteiger partial charge in [0.2, 0.25) is 0 Å². The summed E-state index contributed by atoms with van der Waals surface area (Å²) in [5.74, 6) is 0. The zero-order valence-corrected chi connectivity index (χ0v) is 23.5. The molecule has 0 N–H and O–H groups in total. The molecule has 1 nitrogen and oxygen atoms in total. The van der Waals surface area contributed by atoms with Gasteiger partial charge in [-0.15, -0.1) is 0 Å². The standard InChI is InChI=1S/C32H20O.C9H10/c1-2-10-26-21(7-1)15-16-22-17-18-24(20-30(22)26)23-8-5-9-25(19-23)27-12-6-13-29-28-11-3-4-14-31(28)33-32(27)29;1-3-9-7-5-4-6-8(9)2/h1-20H;3-7H,2H2,1H3/b;9-3-. The Morgan fingerprint density at radius 2 is 1.14 bits per heavy atom. The molecule has 0 aliphatic carbocycles. The van der Waals surface area contributed by atoms with Crippen LogP contribution in [-0.2, 0) is 0 Å². The van der Waals surface area contributed by atoms with Crippen LogP contribution in [-0.4, -0.2) is 0 Å². The van der Waals surface area contributed by atoms with Gasteiger partial charge in [-0.25, -0.2) is 0 Å². The topological polar surface area (TPSA) is 13.1 Å². The lowest BCUT2D eigenvalue weighted by Crippen LogP contribution is -2.20. The van der Waals surface area contributed by atoms with Crippen molar-refractivity contribution in [2.75, 3.05) is 0 Å². The molecule has 0 atom stereocenters. The van der Waals surface area contributed by atoms with Crippen molar-refractivity contribution in [3.05, 3.63) is 156 Å². The molecule has 1 heteroatoms. The van der Waals surface area contributed by atoms with E-state index in [-0.39, 0.29) is 0 Å². The zero-order valence-electron chi connectivity index (χ0n) is 23.5. The van der Waals surface area contributed by atoms with E-state index in [9.17, 15) is 0 Å². The van der Waals surface area contributed by atoms with Crippen molar-refractivity contribution in [2.45, 2.75) is 6.92 Å². The molecule has 0 unspecified atom stereocenters. The van der Waals surface area contributed by atoms with E-state index in [1.807, 2.05) is 37.3 Å². The largest absolute Gasteiger partial charge is 0.455 e. The van der Waals surface area contributed by atoms with Crippen LogP contribution < -0.4 is 10.4 Å². The molecule has 8 rings (SSSR count). The van der Waals surface area contributed by atoms with Gasteiger partial charge in [-0.05, 0) is 73.8 Å². The quantitative estimate of drug-likeness (QED) is 0.200. The summed E-state index contributed by atoms with van der Waals surface area (Å²) in [6, 6.07) is 51.3. The van der Waals surface area contributed by atoms with E-state index in [1.165, 1.54) is 37.9 Å². The Morgan fingerprint density at radius 3 is 1.98 bits per heavy atom. The van der Waals surface area contributed by atoms with Gasteiger partial charge in [0, 0.05) is 16.3 Å². The highest BCUT2D eigenvalue weighted by Crippen LogP contribution is 2.37. The van der Waals surface area contributed by atoms with Crippen molar-refractivity contribution in [3.8, 4) is 22.3 Å². The summed E-state index contributed by atoms with van der Waals surface area (Å²) >= 11 is 0. The monoisotopic (exact) mass is 538 g/mol. The first kappa shape index (κ1) is 25.6. The van der Waals surface area contributed by atoms with Crippen LogP contribution in [0.25, 0.3) is 78.4 Å². The number of hydrogen-bond acceptors (Lipinski definition) is 1. The van der Waals surface area contributed by atoms with E-state index in [2.05, 4.69) is 128 Å². The molecule has 1 aromatic heterocycles. The highest BCUT2D eigenvalue weighted by Gasteiger charge is 2.12. The Labute approximate surface area is 245 Å². The maximum atomic E-state index is 6.29. The van der Waals surface area contributed by atoms with Gasteiger partial charge in [0.25, 0.3) is 0 Å². The van der Waals surface area contributed by atoms with Crippen LogP contribution in [0.2, 0.25) is 0 Å². The summed E-state index contributed by atoms with van der Waals surface area (Å²) in [6.07, 6.45) is 2.06. The van der Waals surface area contributed by atoms with Gasteiger partial charge in [-0.2, -0.15) is 0 Å². The van der Waals surface area contributed by atoms with Crippen molar-refractivity contribution in [3.63, 3.8) is 0 Å². The molecule has 200 valence electrons. The number of benzene rings is 7. The summed E-state index contributed by atoms with van der Waals surface area (Å²) in [5, 5.41) is 9.75. The third-order valence-electron chi connectivity index (χ3n) is 8.02. The van der Waals surface area contributed by atoms with Crippen LogP contribution in [0, 0.1) is 0 Å². The summed E-state index contributed by atoms with van der Waals surface area (Å²) in [4.78, 5) is 0. The van der Waals surface area contributed by atoms with Crippen molar-refractivity contribution >= 4 is 56.1 Å². The SMILES string of the molecule is C=c1cccc/c1=C/C.c1cc(-c2ccc3ccc4ccccc4c3c2)cc(-c2cccc3c2oc2ccccc23)c1. The van der Waals surface area contributed by atoms with Gasteiger partial charge in [0.05, 0.1) is 0 Å². The van der Waals surface area contributed by atoms with Gasteiger partial charge in [0.15, 0.2) is 0 Å². The van der Waals surface area contributed by atoms with E-state index in [1.54, 1.807) is 0 Å². The molecular formula is C41H30O. The fourth-order valence-corrected chi connectivity index (χ4v) is 5.84. The number of para-hydroxylation sites is 2. The molecule has 0 bridgehead atoms. The van der Waals surface area contributed by atoms with E-state index in [0.29, 0.717) is 0 Å². The predicted molar refractivity (Wildman–Crippen MR) is 181 cm³/mol. The molecule has 0 amide bonds. The van der Waals surface area contributed by atoms with Crippen LogP contribution in [0.15, 0.2) is 150 Å².